The zero-order valence-corrected chi connectivity index (χ0v) is 23.3. The van der Waals surface area contributed by atoms with E-state index in [1.54, 1.807) is 28.8 Å². The van der Waals surface area contributed by atoms with Crippen LogP contribution in [0, 0.1) is 0 Å². The number of nitrogens with one attached hydrogen (secondary N) is 1. The first kappa shape index (κ1) is 24.9. The molecule has 0 saturated carbocycles. The molecule has 190 valence electrons. The second kappa shape index (κ2) is 8.81. The molecule has 2 heterocycles. The normalized spacial score (nSPS) is 22.6. The number of hydrogen-bond donors (Lipinski definition) is 1. The van der Waals surface area contributed by atoms with Gasteiger partial charge in [-0.3, -0.25) is 14.0 Å². The monoisotopic (exact) mass is 557 g/mol. The van der Waals surface area contributed by atoms with Crippen molar-refractivity contribution in [1.82, 2.24) is 9.99 Å². The van der Waals surface area contributed by atoms with Gasteiger partial charge in [0.15, 0.2) is 10.7 Å². The van der Waals surface area contributed by atoms with Gasteiger partial charge < -0.3 is 10.2 Å². The molecule has 5 nitrogen and oxygen atoms in total. The molecular weight excluding hydrogens is 533 g/mol. The number of nitrogens with zero attached hydrogens (tertiary/aromatic N) is 2. The molecule has 2 aliphatic heterocycles. The Balaban J connectivity index is 1.73. The highest BCUT2D eigenvalue weighted by molar-refractivity contribution is 7.83. The van der Waals surface area contributed by atoms with Crippen LogP contribution in [0.4, 0.5) is 5.69 Å². The molecule has 0 radical (unpaired) electrons. The van der Waals surface area contributed by atoms with Crippen LogP contribution in [0.2, 0.25) is 5.02 Å². The van der Waals surface area contributed by atoms with Crippen molar-refractivity contribution in [3.05, 3.63) is 125 Å². The highest BCUT2D eigenvalue weighted by atomic mass is 35.5. The number of thiocarbonyl (C=S) groups is 1. The van der Waals surface area contributed by atoms with Crippen LogP contribution in [0.5, 0.6) is 0 Å². The lowest BCUT2D eigenvalue weighted by Crippen LogP contribution is -2.59. The molecule has 0 aromatic heterocycles. The average Bonchev–Trinajstić information content (AvgIpc) is 3.33. The topological polar surface area (TPSA) is 52.7 Å². The SMILES string of the molecule is CN1C(=O)[C@]2(NC(=S)N(P(=O)(c3ccccc3)c3ccccc3)[C@]2(C)c2ccc(Cl)cc2)c2ccccc21. The van der Waals surface area contributed by atoms with Crippen LogP contribution in [0.25, 0.3) is 0 Å². The minimum atomic E-state index is -3.64. The predicted molar refractivity (Wildman–Crippen MR) is 158 cm³/mol. The van der Waals surface area contributed by atoms with Crippen LogP contribution in [0.3, 0.4) is 0 Å². The van der Waals surface area contributed by atoms with E-state index in [2.05, 4.69) is 5.32 Å². The Morgan fingerprint density at radius 2 is 1.34 bits per heavy atom. The summed E-state index contributed by atoms with van der Waals surface area (Å²) in [6.45, 7) is 1.95. The zero-order valence-electron chi connectivity index (χ0n) is 20.8. The smallest absolute Gasteiger partial charge is 0.260 e. The number of fused-ring (bicyclic) bond motifs is 2. The maximum atomic E-state index is 15.8. The summed E-state index contributed by atoms with van der Waals surface area (Å²) < 4.78 is 17.6. The van der Waals surface area contributed by atoms with E-state index in [-0.39, 0.29) is 11.0 Å². The molecule has 1 amide bonds. The molecule has 1 spiro atoms. The lowest BCUT2D eigenvalue weighted by molar-refractivity contribution is -0.126. The van der Waals surface area contributed by atoms with Crippen molar-refractivity contribution >= 4 is 58.4 Å². The van der Waals surface area contributed by atoms with Gasteiger partial charge in [0.05, 0.1) is 0 Å². The number of benzene rings is 4. The van der Waals surface area contributed by atoms with E-state index in [0.29, 0.717) is 15.6 Å². The Morgan fingerprint density at radius 3 is 1.92 bits per heavy atom. The average molecular weight is 558 g/mol. The largest absolute Gasteiger partial charge is 0.342 e. The third-order valence-corrected chi connectivity index (χ3v) is 11.7. The van der Waals surface area contributed by atoms with Gasteiger partial charge in [-0.1, -0.05) is 78.3 Å². The van der Waals surface area contributed by atoms with E-state index in [4.69, 9.17) is 23.8 Å². The van der Waals surface area contributed by atoms with Gasteiger partial charge in [0.25, 0.3) is 5.91 Å². The molecule has 2 atom stereocenters. The van der Waals surface area contributed by atoms with E-state index in [0.717, 1.165) is 16.8 Å². The molecule has 4 aromatic rings. The van der Waals surface area contributed by atoms with E-state index < -0.39 is 18.4 Å². The fraction of sp³-hybridized carbons (Fsp3) is 0.133. The minimum absolute atomic E-state index is 0.173. The van der Waals surface area contributed by atoms with Crippen LogP contribution in [-0.2, 0) is 20.4 Å². The van der Waals surface area contributed by atoms with Crippen molar-refractivity contribution < 1.29 is 9.36 Å². The van der Waals surface area contributed by atoms with Crippen molar-refractivity contribution in [2.45, 2.75) is 18.0 Å². The van der Waals surface area contributed by atoms with Crippen LogP contribution in [0.1, 0.15) is 18.1 Å². The molecule has 6 rings (SSSR count). The molecule has 1 saturated heterocycles. The quantitative estimate of drug-likeness (QED) is 0.263. The number of carbonyl (C=O) groups is 1. The van der Waals surface area contributed by atoms with Gasteiger partial charge in [-0.05, 0) is 67.2 Å². The van der Waals surface area contributed by atoms with Crippen LogP contribution in [0.15, 0.2) is 109 Å². The summed E-state index contributed by atoms with van der Waals surface area (Å²) in [4.78, 5) is 16.0. The Labute approximate surface area is 232 Å². The Morgan fingerprint density at radius 1 is 0.816 bits per heavy atom. The van der Waals surface area contributed by atoms with Crippen LogP contribution >= 0.6 is 31.1 Å². The molecule has 8 heteroatoms. The van der Waals surface area contributed by atoms with Crippen molar-refractivity contribution in [3.8, 4) is 0 Å². The van der Waals surface area contributed by atoms with Gasteiger partial charge in [0, 0.05) is 33.9 Å². The molecule has 0 aliphatic carbocycles. The molecule has 1 N–H and O–H groups in total. The Hall–Kier alpha value is -3.44. The Bertz CT molecular complexity index is 1570. The first-order valence-corrected chi connectivity index (χ1v) is 14.7. The molecule has 1 fully saturated rings. The van der Waals surface area contributed by atoms with E-state index in [9.17, 15) is 4.79 Å². The van der Waals surface area contributed by atoms with Crippen LogP contribution < -0.4 is 20.8 Å². The highest BCUT2D eigenvalue weighted by Crippen LogP contribution is 2.64. The van der Waals surface area contributed by atoms with E-state index in [1.165, 1.54) is 0 Å². The minimum Gasteiger partial charge on any atom is -0.342 e. The number of amides is 1. The van der Waals surface area contributed by atoms with E-state index >= 15 is 4.57 Å². The number of halogens is 1. The summed E-state index contributed by atoms with van der Waals surface area (Å²) in [6, 6.07) is 33.8. The van der Waals surface area contributed by atoms with Crippen molar-refractivity contribution in [3.63, 3.8) is 0 Å². The summed E-state index contributed by atoms with van der Waals surface area (Å²) in [5.74, 6) is -0.173. The third-order valence-electron chi connectivity index (χ3n) is 7.84. The van der Waals surface area contributed by atoms with Crippen molar-refractivity contribution in [1.29, 1.82) is 0 Å². The first-order chi connectivity index (χ1) is 18.3. The number of para-hydroxylation sites is 1. The number of rotatable bonds is 4. The standard InChI is InChI=1S/C30H25ClN3O2PS/c1-29(21-17-19-22(31)20-18-21)30(25-15-9-10-16-26(25)33(2)27(30)35)32-28(38)34(29)37(36,23-11-5-3-6-12-23)24-13-7-4-8-14-24/h3-20H,1-2H3,(H,32,38)/t29-,30-/m1/s1. The summed E-state index contributed by atoms with van der Waals surface area (Å²) in [5.41, 5.74) is -0.206. The van der Waals surface area contributed by atoms with Gasteiger partial charge in [-0.25, -0.2) is 0 Å². The van der Waals surface area contributed by atoms with Gasteiger partial charge in [-0.15, -0.1) is 0 Å². The fourth-order valence-electron chi connectivity index (χ4n) is 6.01. The second-order valence-electron chi connectivity index (χ2n) is 9.70. The van der Waals surface area contributed by atoms with Gasteiger partial charge in [0.2, 0.25) is 7.29 Å². The molecule has 0 bridgehead atoms. The molecule has 2 aliphatic rings. The number of hydrogen-bond acceptors (Lipinski definition) is 3. The molecule has 4 aromatic carbocycles. The number of likely N-dealkylation sites (N-methyl/N-ethyl adjacent to an activating group) is 1. The maximum absolute atomic E-state index is 15.8. The summed E-state index contributed by atoms with van der Waals surface area (Å²) in [5, 5.41) is 5.49. The van der Waals surface area contributed by atoms with Crippen molar-refractivity contribution in [2.24, 2.45) is 0 Å². The molecule has 38 heavy (non-hydrogen) atoms. The van der Waals surface area contributed by atoms with Gasteiger partial charge >= 0.3 is 0 Å². The van der Waals surface area contributed by atoms with E-state index in [1.807, 2.05) is 104 Å². The predicted octanol–water partition coefficient (Wildman–Crippen LogP) is 5.55. The summed E-state index contributed by atoms with van der Waals surface area (Å²) in [6.07, 6.45) is 0. The summed E-state index contributed by atoms with van der Waals surface area (Å²) >= 11 is 12.3. The van der Waals surface area contributed by atoms with Crippen molar-refractivity contribution in [2.75, 3.05) is 11.9 Å². The molecule has 0 unspecified atom stereocenters. The molecular formula is C30H25ClN3O2PS. The number of anilines is 1. The zero-order chi connectivity index (χ0) is 26.7. The van der Waals surface area contributed by atoms with Crippen LogP contribution in [-0.4, -0.2) is 22.7 Å². The number of carbonyl (C=O) groups excluding carboxylic acids is 1. The maximum Gasteiger partial charge on any atom is 0.260 e. The Kier molecular flexibility index (Phi) is 5.76. The lowest BCUT2D eigenvalue weighted by Gasteiger charge is -2.46. The highest BCUT2D eigenvalue weighted by Gasteiger charge is 2.71. The lowest BCUT2D eigenvalue weighted by atomic mass is 9.71. The fourth-order valence-corrected chi connectivity index (χ4v) is 9.86. The third kappa shape index (κ3) is 3.14. The second-order valence-corrected chi connectivity index (χ2v) is 13.1. The summed E-state index contributed by atoms with van der Waals surface area (Å²) in [7, 11) is -1.87. The van der Waals surface area contributed by atoms with Gasteiger partial charge in [0.1, 0.15) is 5.54 Å². The van der Waals surface area contributed by atoms with Gasteiger partial charge in [-0.2, -0.15) is 0 Å². The first-order valence-electron chi connectivity index (χ1n) is 12.2.